The molecule has 0 fully saturated rings. The highest BCUT2D eigenvalue weighted by molar-refractivity contribution is 5.27. The second-order valence-corrected chi connectivity index (χ2v) is 5.09. The third kappa shape index (κ3) is 7.89. The van der Waals surface area contributed by atoms with Crippen molar-refractivity contribution < 1.29 is 9.84 Å². The van der Waals surface area contributed by atoms with Crippen molar-refractivity contribution >= 4 is 0 Å². The topological polar surface area (TPSA) is 29.5 Å². The summed E-state index contributed by atoms with van der Waals surface area (Å²) in [5.74, 6) is 0.938. The van der Waals surface area contributed by atoms with Crippen LogP contribution in [0.3, 0.4) is 0 Å². The van der Waals surface area contributed by atoms with E-state index >= 15 is 0 Å². The molecule has 1 aromatic rings. The van der Waals surface area contributed by atoms with Gasteiger partial charge >= 0.3 is 0 Å². The minimum Gasteiger partial charge on any atom is -0.494 e. The summed E-state index contributed by atoms with van der Waals surface area (Å²) in [6.07, 6.45) is 9.90. The lowest BCUT2D eigenvalue weighted by Crippen LogP contribution is -1.98. The van der Waals surface area contributed by atoms with Crippen LogP contribution in [-0.2, 0) is 6.42 Å². The molecule has 0 saturated carbocycles. The van der Waals surface area contributed by atoms with Crippen molar-refractivity contribution in [1.29, 1.82) is 0 Å². The maximum absolute atomic E-state index is 8.84. The summed E-state index contributed by atoms with van der Waals surface area (Å²) in [5, 5.41) is 8.84. The zero-order valence-corrected chi connectivity index (χ0v) is 12.2. The molecule has 0 bridgehead atoms. The van der Waals surface area contributed by atoms with Gasteiger partial charge in [-0.05, 0) is 30.5 Å². The van der Waals surface area contributed by atoms with Crippen molar-refractivity contribution in [3.05, 3.63) is 29.8 Å². The molecule has 0 aliphatic carbocycles. The Kier molecular flexibility index (Phi) is 9.17. The summed E-state index contributed by atoms with van der Waals surface area (Å²) in [4.78, 5) is 0. The van der Waals surface area contributed by atoms with E-state index in [0.29, 0.717) is 0 Å². The first-order valence-corrected chi connectivity index (χ1v) is 7.69. The van der Waals surface area contributed by atoms with Crippen molar-refractivity contribution in [2.45, 2.75) is 58.3 Å². The van der Waals surface area contributed by atoms with Crippen molar-refractivity contribution in [3.8, 4) is 5.75 Å². The van der Waals surface area contributed by atoms with E-state index in [4.69, 9.17) is 9.84 Å². The lowest BCUT2D eigenvalue weighted by molar-refractivity contribution is 0.298. The van der Waals surface area contributed by atoms with Crippen LogP contribution in [-0.4, -0.2) is 18.3 Å². The zero-order valence-electron chi connectivity index (χ0n) is 12.2. The fourth-order valence-corrected chi connectivity index (χ4v) is 2.13. The number of rotatable bonds is 11. The van der Waals surface area contributed by atoms with Crippen molar-refractivity contribution in [2.24, 2.45) is 0 Å². The van der Waals surface area contributed by atoms with E-state index in [2.05, 4.69) is 6.92 Å². The standard InChI is InChI=1S/C17H28O2/c1-2-3-4-5-6-7-8-15-19-17-11-9-16(10-12-17)13-14-18/h9-12,18H,2-8,13-15H2,1H3. The Morgan fingerprint density at radius 2 is 1.53 bits per heavy atom. The molecule has 2 nitrogen and oxygen atoms in total. The molecule has 0 unspecified atom stereocenters. The van der Waals surface area contributed by atoms with Crippen molar-refractivity contribution in [2.75, 3.05) is 13.2 Å². The maximum Gasteiger partial charge on any atom is 0.119 e. The Balaban J connectivity index is 2.02. The van der Waals surface area contributed by atoms with Gasteiger partial charge in [0.25, 0.3) is 0 Å². The summed E-state index contributed by atoms with van der Waals surface area (Å²) in [7, 11) is 0. The molecule has 0 aliphatic heterocycles. The quantitative estimate of drug-likeness (QED) is 0.602. The Bertz CT molecular complexity index is 306. The van der Waals surface area contributed by atoms with Crippen LogP contribution in [0.2, 0.25) is 0 Å². The Morgan fingerprint density at radius 1 is 0.895 bits per heavy atom. The summed E-state index contributed by atoms with van der Waals surface area (Å²) >= 11 is 0. The molecule has 108 valence electrons. The first-order chi connectivity index (χ1) is 9.36. The highest BCUT2D eigenvalue weighted by Crippen LogP contribution is 2.13. The molecule has 1 rings (SSSR count). The predicted molar refractivity (Wildman–Crippen MR) is 80.7 cm³/mol. The number of ether oxygens (including phenoxy) is 1. The summed E-state index contributed by atoms with van der Waals surface area (Å²) in [6.45, 7) is 3.27. The van der Waals surface area contributed by atoms with E-state index in [1.54, 1.807) is 0 Å². The highest BCUT2D eigenvalue weighted by Gasteiger charge is 1.96. The molecule has 0 radical (unpaired) electrons. The normalized spacial score (nSPS) is 10.6. The van der Waals surface area contributed by atoms with E-state index in [1.165, 1.54) is 38.5 Å². The molecule has 1 N–H and O–H groups in total. The molecule has 1 aromatic carbocycles. The molecule has 0 aliphatic rings. The number of unbranched alkanes of at least 4 members (excludes halogenated alkanes) is 6. The second kappa shape index (κ2) is 10.9. The number of aliphatic hydroxyl groups is 1. The molecular weight excluding hydrogens is 236 g/mol. The fourth-order valence-electron chi connectivity index (χ4n) is 2.13. The number of benzene rings is 1. The second-order valence-electron chi connectivity index (χ2n) is 5.09. The van der Waals surface area contributed by atoms with E-state index in [-0.39, 0.29) is 6.61 Å². The van der Waals surface area contributed by atoms with E-state index in [0.717, 1.165) is 30.8 Å². The first kappa shape index (κ1) is 16.0. The Morgan fingerprint density at radius 3 is 2.16 bits per heavy atom. The zero-order chi connectivity index (χ0) is 13.8. The fraction of sp³-hybridized carbons (Fsp3) is 0.647. The highest BCUT2D eigenvalue weighted by atomic mass is 16.5. The monoisotopic (exact) mass is 264 g/mol. The Labute approximate surface area is 117 Å². The molecular formula is C17H28O2. The molecule has 0 atom stereocenters. The number of hydrogen-bond acceptors (Lipinski definition) is 2. The minimum atomic E-state index is 0.207. The van der Waals surface area contributed by atoms with Gasteiger partial charge in [0.05, 0.1) is 6.61 Å². The van der Waals surface area contributed by atoms with Crippen LogP contribution in [0, 0.1) is 0 Å². The Hall–Kier alpha value is -1.02. The molecule has 0 heterocycles. The lowest BCUT2D eigenvalue weighted by Gasteiger charge is -2.07. The van der Waals surface area contributed by atoms with Gasteiger partial charge in [-0.1, -0.05) is 57.6 Å². The van der Waals surface area contributed by atoms with Crippen LogP contribution in [0.15, 0.2) is 24.3 Å². The minimum absolute atomic E-state index is 0.207. The predicted octanol–water partition coefficient (Wildman–Crippen LogP) is 4.35. The summed E-state index contributed by atoms with van der Waals surface area (Å²) in [6, 6.07) is 8.03. The smallest absolute Gasteiger partial charge is 0.119 e. The summed E-state index contributed by atoms with van der Waals surface area (Å²) < 4.78 is 5.70. The van der Waals surface area contributed by atoms with Crippen LogP contribution in [0.25, 0.3) is 0 Å². The molecule has 0 amide bonds. The molecule has 19 heavy (non-hydrogen) atoms. The third-order valence-electron chi connectivity index (χ3n) is 3.34. The van der Waals surface area contributed by atoms with Gasteiger partial charge < -0.3 is 9.84 Å². The lowest BCUT2D eigenvalue weighted by atomic mass is 10.1. The van der Waals surface area contributed by atoms with Gasteiger partial charge in [0.2, 0.25) is 0 Å². The van der Waals surface area contributed by atoms with Crippen LogP contribution >= 0.6 is 0 Å². The van der Waals surface area contributed by atoms with Gasteiger partial charge in [-0.25, -0.2) is 0 Å². The largest absolute Gasteiger partial charge is 0.494 e. The van der Waals surface area contributed by atoms with Crippen LogP contribution in [0.4, 0.5) is 0 Å². The van der Waals surface area contributed by atoms with Crippen LogP contribution in [0.1, 0.15) is 57.4 Å². The van der Waals surface area contributed by atoms with Gasteiger partial charge in [0.15, 0.2) is 0 Å². The van der Waals surface area contributed by atoms with E-state index < -0.39 is 0 Å². The molecule has 0 aromatic heterocycles. The van der Waals surface area contributed by atoms with Crippen molar-refractivity contribution in [3.63, 3.8) is 0 Å². The van der Waals surface area contributed by atoms with Crippen LogP contribution < -0.4 is 4.74 Å². The van der Waals surface area contributed by atoms with E-state index in [9.17, 15) is 0 Å². The van der Waals surface area contributed by atoms with Gasteiger partial charge in [-0.2, -0.15) is 0 Å². The third-order valence-corrected chi connectivity index (χ3v) is 3.34. The van der Waals surface area contributed by atoms with Crippen molar-refractivity contribution in [1.82, 2.24) is 0 Å². The molecule has 0 saturated heterocycles. The number of hydrogen-bond donors (Lipinski definition) is 1. The van der Waals surface area contributed by atoms with Gasteiger partial charge in [-0.15, -0.1) is 0 Å². The van der Waals surface area contributed by atoms with Gasteiger partial charge in [0.1, 0.15) is 5.75 Å². The van der Waals surface area contributed by atoms with Gasteiger partial charge in [0, 0.05) is 6.61 Å². The number of aliphatic hydroxyl groups excluding tert-OH is 1. The summed E-state index contributed by atoms with van der Waals surface area (Å²) in [5.41, 5.74) is 1.16. The van der Waals surface area contributed by atoms with Crippen LogP contribution in [0.5, 0.6) is 5.75 Å². The average Bonchev–Trinajstić information content (AvgIpc) is 2.44. The first-order valence-electron chi connectivity index (χ1n) is 7.69. The van der Waals surface area contributed by atoms with Gasteiger partial charge in [-0.3, -0.25) is 0 Å². The molecule has 2 heteroatoms. The maximum atomic E-state index is 8.84. The SMILES string of the molecule is CCCCCCCCCOc1ccc(CCO)cc1. The molecule has 0 spiro atoms. The average molecular weight is 264 g/mol. The van der Waals surface area contributed by atoms with E-state index in [1.807, 2.05) is 24.3 Å².